The first-order valence-electron chi connectivity index (χ1n) is 5.66. The lowest BCUT2D eigenvalue weighted by molar-refractivity contribution is 0.457. The largest absolute Gasteiger partial charge is 0.147 e. The van der Waals surface area contributed by atoms with Crippen molar-refractivity contribution in [1.82, 2.24) is 0 Å². The van der Waals surface area contributed by atoms with Crippen molar-refractivity contribution in [2.75, 3.05) is 0 Å². The predicted molar refractivity (Wildman–Crippen MR) is 74.9 cm³/mol. The van der Waals surface area contributed by atoms with Gasteiger partial charge >= 0.3 is 0 Å². The molecule has 2 rings (SSSR count). The molecule has 0 bridgehead atoms. The standard InChI is InChI=1S/C12H16Br2S/c13-10-7-8-15-12(10)11(14)9-5-3-1-2-4-6-9/h7-9,11H,1-6H2. The second kappa shape index (κ2) is 5.83. The highest BCUT2D eigenvalue weighted by molar-refractivity contribution is 9.11. The van der Waals surface area contributed by atoms with Gasteiger partial charge in [0.1, 0.15) is 0 Å². The molecule has 0 nitrogen and oxygen atoms in total. The van der Waals surface area contributed by atoms with Gasteiger partial charge in [-0.15, -0.1) is 11.3 Å². The summed E-state index contributed by atoms with van der Waals surface area (Å²) in [5.41, 5.74) is 0. The van der Waals surface area contributed by atoms with Crippen LogP contribution in [0.2, 0.25) is 0 Å². The average Bonchev–Trinajstić information content (AvgIpc) is 2.53. The zero-order valence-corrected chi connectivity index (χ0v) is 12.7. The number of thiophene rings is 1. The first-order chi connectivity index (χ1) is 7.29. The van der Waals surface area contributed by atoms with E-state index in [0.717, 1.165) is 5.92 Å². The first kappa shape index (κ1) is 12.1. The van der Waals surface area contributed by atoms with Gasteiger partial charge in [0.15, 0.2) is 0 Å². The Hall–Kier alpha value is 0.660. The van der Waals surface area contributed by atoms with E-state index in [1.165, 1.54) is 47.9 Å². The van der Waals surface area contributed by atoms with Gasteiger partial charge in [0, 0.05) is 9.35 Å². The second-order valence-corrected chi connectivity index (χ2v) is 7.07. The lowest BCUT2D eigenvalue weighted by atomic mass is 9.96. The van der Waals surface area contributed by atoms with Gasteiger partial charge in [-0.1, -0.05) is 41.6 Å². The van der Waals surface area contributed by atoms with Crippen LogP contribution in [0.4, 0.5) is 0 Å². The molecule has 1 aliphatic rings. The molecule has 0 aliphatic heterocycles. The molecular formula is C12H16Br2S. The Balaban J connectivity index is 2.06. The predicted octanol–water partition coefficient (Wildman–Crippen LogP) is 5.92. The molecule has 0 aromatic carbocycles. The van der Waals surface area contributed by atoms with Gasteiger partial charge in [-0.2, -0.15) is 0 Å². The number of alkyl halides is 1. The number of hydrogen-bond acceptors (Lipinski definition) is 1. The fraction of sp³-hybridized carbons (Fsp3) is 0.667. The van der Waals surface area contributed by atoms with Gasteiger partial charge < -0.3 is 0 Å². The van der Waals surface area contributed by atoms with Gasteiger partial charge in [0.2, 0.25) is 0 Å². The maximum absolute atomic E-state index is 3.89. The molecular weight excluding hydrogens is 336 g/mol. The first-order valence-corrected chi connectivity index (χ1v) is 8.25. The molecule has 0 amide bonds. The zero-order chi connectivity index (χ0) is 10.7. The van der Waals surface area contributed by atoms with E-state index in [2.05, 4.69) is 43.3 Å². The monoisotopic (exact) mass is 350 g/mol. The van der Waals surface area contributed by atoms with E-state index >= 15 is 0 Å². The molecule has 1 aliphatic carbocycles. The Bertz CT molecular complexity index is 300. The van der Waals surface area contributed by atoms with Crippen LogP contribution in [0, 0.1) is 5.92 Å². The Kier molecular flexibility index (Phi) is 4.71. The Labute approximate surface area is 113 Å². The lowest BCUT2D eigenvalue weighted by Gasteiger charge is -2.20. The fourth-order valence-electron chi connectivity index (χ4n) is 2.32. The minimum Gasteiger partial charge on any atom is -0.147 e. The maximum atomic E-state index is 3.89. The highest BCUT2D eigenvalue weighted by Crippen LogP contribution is 2.43. The SMILES string of the molecule is Brc1ccsc1C(Br)C1CCCCCC1. The molecule has 84 valence electrons. The van der Waals surface area contributed by atoms with Crippen LogP contribution in [0.5, 0.6) is 0 Å². The third-order valence-electron chi connectivity index (χ3n) is 3.21. The molecule has 0 radical (unpaired) electrons. The van der Waals surface area contributed by atoms with E-state index in [-0.39, 0.29) is 0 Å². The Morgan fingerprint density at radius 1 is 1.20 bits per heavy atom. The van der Waals surface area contributed by atoms with Gasteiger partial charge in [0.05, 0.1) is 4.83 Å². The van der Waals surface area contributed by atoms with Gasteiger partial charge in [0.25, 0.3) is 0 Å². The summed E-state index contributed by atoms with van der Waals surface area (Å²) in [5, 5.41) is 2.17. The van der Waals surface area contributed by atoms with Crippen molar-refractivity contribution in [3.05, 3.63) is 20.8 Å². The molecule has 1 aromatic rings. The van der Waals surface area contributed by atoms with Crippen LogP contribution in [-0.2, 0) is 0 Å². The summed E-state index contributed by atoms with van der Waals surface area (Å²) in [7, 11) is 0. The normalized spacial score (nSPS) is 21.2. The average molecular weight is 352 g/mol. The smallest absolute Gasteiger partial charge is 0.0528 e. The molecule has 1 unspecified atom stereocenters. The van der Waals surface area contributed by atoms with Crippen LogP contribution in [0.25, 0.3) is 0 Å². The quantitative estimate of drug-likeness (QED) is 0.458. The molecule has 3 heteroatoms. The zero-order valence-electron chi connectivity index (χ0n) is 8.72. The van der Waals surface area contributed by atoms with E-state index in [0.29, 0.717) is 4.83 Å². The van der Waals surface area contributed by atoms with Crippen LogP contribution in [0.3, 0.4) is 0 Å². The van der Waals surface area contributed by atoms with Crippen molar-refractivity contribution < 1.29 is 0 Å². The van der Waals surface area contributed by atoms with E-state index < -0.39 is 0 Å². The van der Waals surface area contributed by atoms with Gasteiger partial charge in [-0.05, 0) is 46.1 Å². The van der Waals surface area contributed by atoms with Crippen LogP contribution >= 0.6 is 43.2 Å². The minimum atomic E-state index is 0.560. The Morgan fingerprint density at radius 3 is 2.40 bits per heavy atom. The molecule has 1 fully saturated rings. The molecule has 1 atom stereocenters. The van der Waals surface area contributed by atoms with Crippen molar-refractivity contribution >= 4 is 43.2 Å². The van der Waals surface area contributed by atoms with E-state index in [1.807, 2.05) is 11.3 Å². The minimum absolute atomic E-state index is 0.560. The summed E-state index contributed by atoms with van der Waals surface area (Å²) < 4.78 is 1.28. The summed E-state index contributed by atoms with van der Waals surface area (Å²) in [4.78, 5) is 2.03. The molecule has 1 saturated carbocycles. The molecule has 0 N–H and O–H groups in total. The molecule has 0 spiro atoms. The van der Waals surface area contributed by atoms with Crippen molar-refractivity contribution in [1.29, 1.82) is 0 Å². The highest BCUT2D eigenvalue weighted by atomic mass is 79.9. The summed E-state index contributed by atoms with van der Waals surface area (Å²) in [5.74, 6) is 0.836. The third kappa shape index (κ3) is 3.07. The Morgan fingerprint density at radius 2 is 1.87 bits per heavy atom. The van der Waals surface area contributed by atoms with Crippen LogP contribution in [0.15, 0.2) is 15.9 Å². The molecule has 0 saturated heterocycles. The van der Waals surface area contributed by atoms with Crippen molar-refractivity contribution in [2.24, 2.45) is 5.92 Å². The fourth-order valence-corrected chi connectivity index (χ4v) is 5.41. The van der Waals surface area contributed by atoms with Gasteiger partial charge in [-0.25, -0.2) is 0 Å². The summed E-state index contributed by atoms with van der Waals surface area (Å²) in [6.45, 7) is 0. The summed E-state index contributed by atoms with van der Waals surface area (Å²) in [6, 6.07) is 2.16. The molecule has 1 aromatic heterocycles. The summed E-state index contributed by atoms with van der Waals surface area (Å²) in [6.07, 6.45) is 8.47. The summed E-state index contributed by atoms with van der Waals surface area (Å²) >= 11 is 9.39. The topological polar surface area (TPSA) is 0 Å². The number of halogens is 2. The van der Waals surface area contributed by atoms with E-state index in [1.54, 1.807) is 0 Å². The molecule has 15 heavy (non-hydrogen) atoms. The molecule has 1 heterocycles. The maximum Gasteiger partial charge on any atom is 0.0528 e. The van der Waals surface area contributed by atoms with E-state index in [9.17, 15) is 0 Å². The third-order valence-corrected chi connectivity index (χ3v) is 6.67. The van der Waals surface area contributed by atoms with Crippen LogP contribution in [0.1, 0.15) is 48.2 Å². The van der Waals surface area contributed by atoms with Crippen LogP contribution < -0.4 is 0 Å². The van der Waals surface area contributed by atoms with Gasteiger partial charge in [-0.3, -0.25) is 0 Å². The number of rotatable bonds is 2. The van der Waals surface area contributed by atoms with Crippen LogP contribution in [-0.4, -0.2) is 0 Å². The van der Waals surface area contributed by atoms with E-state index in [4.69, 9.17) is 0 Å². The highest BCUT2D eigenvalue weighted by Gasteiger charge is 2.24. The number of hydrogen-bond donors (Lipinski definition) is 0. The van der Waals surface area contributed by atoms with Crippen molar-refractivity contribution in [3.63, 3.8) is 0 Å². The van der Waals surface area contributed by atoms with Crippen molar-refractivity contribution in [2.45, 2.75) is 43.4 Å². The lowest BCUT2D eigenvalue weighted by Crippen LogP contribution is -2.05. The second-order valence-electron chi connectivity index (χ2n) is 4.29. The van der Waals surface area contributed by atoms with Crippen molar-refractivity contribution in [3.8, 4) is 0 Å².